The molecule has 8 heteroatoms. The molecule has 20 heavy (non-hydrogen) atoms. The van der Waals surface area contributed by atoms with Crippen molar-refractivity contribution in [2.45, 2.75) is 0 Å². The fourth-order valence-corrected chi connectivity index (χ4v) is 4.39. The van der Waals surface area contributed by atoms with Crippen LogP contribution < -0.4 is 0 Å². The van der Waals surface area contributed by atoms with Gasteiger partial charge in [-0.15, -0.1) is 0 Å². The molecule has 0 bridgehead atoms. The van der Waals surface area contributed by atoms with E-state index < -0.39 is 25.6 Å². The summed E-state index contributed by atoms with van der Waals surface area (Å²) in [6.07, 6.45) is 0.657. The fraction of sp³-hybridized carbons (Fsp3) is 0.833. The molecule has 0 atom stereocenters. The minimum absolute atomic E-state index is 0.108. The molecule has 0 saturated heterocycles. The Morgan fingerprint density at radius 1 is 0.750 bits per heavy atom. The third kappa shape index (κ3) is 7.49. The van der Waals surface area contributed by atoms with Gasteiger partial charge in [-0.1, -0.05) is 0 Å². The van der Waals surface area contributed by atoms with Crippen LogP contribution >= 0.6 is 13.7 Å². The zero-order chi connectivity index (χ0) is 16.3. The van der Waals surface area contributed by atoms with Crippen molar-refractivity contribution in [3.63, 3.8) is 0 Å². The molecule has 0 aromatic rings. The van der Waals surface area contributed by atoms with Crippen LogP contribution in [0, 0.1) is 0 Å². The van der Waals surface area contributed by atoms with Crippen molar-refractivity contribution in [3.8, 4) is 0 Å². The Morgan fingerprint density at radius 3 is 1.20 bits per heavy atom. The van der Waals surface area contributed by atoms with E-state index in [2.05, 4.69) is 0 Å². The summed E-state index contributed by atoms with van der Waals surface area (Å²) in [5, 5.41) is 18.0. The molecular formula is C12H28O6P2. The van der Waals surface area contributed by atoms with Gasteiger partial charge in [0.1, 0.15) is 0 Å². The molecule has 0 amide bonds. The number of hydrogen-bond donors (Lipinski definition) is 2. The Morgan fingerprint density at radius 2 is 1.00 bits per heavy atom. The van der Waals surface area contributed by atoms with Crippen molar-refractivity contribution in [2.24, 2.45) is 0 Å². The zero-order valence-corrected chi connectivity index (χ0v) is 15.0. The number of carbonyl (C=O) groups is 2. The Labute approximate surface area is 120 Å². The standard InChI is InChI=1S/C12H28O6P2/c1-19(2,3,9-7-13)17-11(15)12(16)18-20(4,5,6)10-8-14/h13-14H,7-10H2,1-6H3. The summed E-state index contributed by atoms with van der Waals surface area (Å²) in [6, 6.07) is 0. The van der Waals surface area contributed by atoms with Crippen LogP contribution in [0.3, 0.4) is 0 Å². The van der Waals surface area contributed by atoms with E-state index in [4.69, 9.17) is 19.3 Å². The van der Waals surface area contributed by atoms with Crippen molar-refractivity contribution >= 4 is 25.6 Å². The van der Waals surface area contributed by atoms with Crippen LogP contribution in [0.4, 0.5) is 0 Å². The van der Waals surface area contributed by atoms with Crippen molar-refractivity contribution < 1.29 is 28.8 Å². The minimum atomic E-state index is -2.85. The second-order valence-corrected chi connectivity index (χ2v) is 20.7. The molecule has 2 N–H and O–H groups in total. The molecule has 0 rings (SSSR count). The van der Waals surface area contributed by atoms with Gasteiger partial charge < -0.3 is 0 Å². The first-order valence-electron chi connectivity index (χ1n) is 6.38. The summed E-state index contributed by atoms with van der Waals surface area (Å²) < 4.78 is 10.6. The van der Waals surface area contributed by atoms with E-state index in [1.54, 1.807) is 40.0 Å². The molecule has 6 nitrogen and oxygen atoms in total. The van der Waals surface area contributed by atoms with Crippen LogP contribution in [0.15, 0.2) is 0 Å². The van der Waals surface area contributed by atoms with E-state index in [9.17, 15) is 9.59 Å². The molecule has 0 radical (unpaired) electrons. The molecule has 0 aromatic heterocycles. The van der Waals surface area contributed by atoms with Crippen LogP contribution in [0.25, 0.3) is 0 Å². The predicted octanol–water partition coefficient (Wildman–Crippen LogP) is 0.773. The monoisotopic (exact) mass is 330 g/mol. The number of hydrogen-bond acceptors (Lipinski definition) is 6. The summed E-state index contributed by atoms with van der Waals surface area (Å²) in [6.45, 7) is 4.60. The summed E-state index contributed by atoms with van der Waals surface area (Å²) in [5.74, 6) is -2.05. The number of carbonyl (C=O) groups excluding carboxylic acids is 2. The second-order valence-electron chi connectivity index (χ2n) is 7.59. The molecule has 0 unspecified atom stereocenters. The number of aliphatic hydroxyl groups is 2. The molecule has 0 fully saturated rings. The summed E-state index contributed by atoms with van der Waals surface area (Å²) in [4.78, 5) is 23.8. The first-order chi connectivity index (χ1) is 8.67. The van der Waals surface area contributed by atoms with Crippen LogP contribution in [-0.4, -0.2) is 87.7 Å². The summed E-state index contributed by atoms with van der Waals surface area (Å²) >= 11 is 0. The third-order valence-corrected chi connectivity index (χ3v) is 7.87. The quantitative estimate of drug-likeness (QED) is 0.552. The Hall–Kier alpha value is -0.280. The molecule has 0 aliphatic carbocycles. The molecule has 0 spiro atoms. The van der Waals surface area contributed by atoms with Crippen LogP contribution in [0.1, 0.15) is 0 Å². The molecule has 122 valence electrons. The van der Waals surface area contributed by atoms with Gasteiger partial charge >= 0.3 is 120 Å². The number of rotatable bonds is 6. The molecule has 0 saturated carbocycles. The van der Waals surface area contributed by atoms with Gasteiger partial charge in [-0.2, -0.15) is 0 Å². The van der Waals surface area contributed by atoms with Gasteiger partial charge in [0.2, 0.25) is 0 Å². The predicted molar refractivity (Wildman–Crippen MR) is 85.5 cm³/mol. The van der Waals surface area contributed by atoms with Gasteiger partial charge in [-0.3, -0.25) is 0 Å². The normalized spacial score (nSPS) is 16.4. The van der Waals surface area contributed by atoms with Crippen molar-refractivity contribution in [1.29, 1.82) is 0 Å². The van der Waals surface area contributed by atoms with Gasteiger partial charge in [0, 0.05) is 0 Å². The maximum atomic E-state index is 11.9. The van der Waals surface area contributed by atoms with Crippen molar-refractivity contribution in [2.75, 3.05) is 65.5 Å². The van der Waals surface area contributed by atoms with E-state index in [1.807, 2.05) is 0 Å². The first-order valence-corrected chi connectivity index (χ1v) is 13.7. The fourth-order valence-electron chi connectivity index (χ4n) is 1.46. The Bertz CT molecular complexity index is 350. The van der Waals surface area contributed by atoms with Crippen LogP contribution in [0.5, 0.6) is 0 Å². The maximum absolute atomic E-state index is 11.9. The molecule has 0 aliphatic heterocycles. The van der Waals surface area contributed by atoms with E-state index in [0.29, 0.717) is 12.3 Å². The average molecular weight is 330 g/mol. The van der Waals surface area contributed by atoms with Crippen molar-refractivity contribution in [3.05, 3.63) is 0 Å². The average Bonchev–Trinajstić information content (AvgIpc) is 2.12. The van der Waals surface area contributed by atoms with Crippen LogP contribution in [-0.2, 0) is 18.6 Å². The Balaban J connectivity index is 4.87. The third-order valence-electron chi connectivity index (χ3n) is 2.73. The molecule has 0 heterocycles. The van der Waals surface area contributed by atoms with Gasteiger partial charge in [0.05, 0.1) is 0 Å². The van der Waals surface area contributed by atoms with E-state index in [-0.39, 0.29) is 13.2 Å². The van der Waals surface area contributed by atoms with Crippen molar-refractivity contribution in [1.82, 2.24) is 0 Å². The zero-order valence-electron chi connectivity index (χ0n) is 13.3. The Kier molecular flexibility index (Phi) is 5.76. The van der Waals surface area contributed by atoms with E-state index in [0.717, 1.165) is 0 Å². The molecule has 0 aliphatic rings. The molecular weight excluding hydrogens is 302 g/mol. The topological polar surface area (TPSA) is 93.1 Å². The van der Waals surface area contributed by atoms with Gasteiger partial charge in [0.25, 0.3) is 0 Å². The van der Waals surface area contributed by atoms with Gasteiger partial charge in [0.15, 0.2) is 0 Å². The summed E-state index contributed by atoms with van der Waals surface area (Å²) in [5.41, 5.74) is 0. The summed E-state index contributed by atoms with van der Waals surface area (Å²) in [7, 11) is 0. The number of aliphatic hydroxyl groups excluding tert-OH is 2. The van der Waals surface area contributed by atoms with E-state index >= 15 is 0 Å². The van der Waals surface area contributed by atoms with Gasteiger partial charge in [-0.05, 0) is 0 Å². The van der Waals surface area contributed by atoms with Gasteiger partial charge in [-0.25, -0.2) is 0 Å². The van der Waals surface area contributed by atoms with Crippen LogP contribution in [0.2, 0.25) is 0 Å². The van der Waals surface area contributed by atoms with E-state index in [1.165, 1.54) is 0 Å². The second kappa shape index (κ2) is 5.84. The first kappa shape index (κ1) is 19.7. The SMILES string of the molecule is CP(C)(C)(CCO)OC(=O)C(=O)OP(C)(C)(C)CCO. The molecule has 0 aromatic carbocycles.